The Morgan fingerprint density at radius 1 is 1.03 bits per heavy atom. The van der Waals surface area contributed by atoms with Gasteiger partial charge in [-0.2, -0.15) is 0 Å². The smallest absolute Gasteiger partial charge is 0.261 e. The van der Waals surface area contributed by atoms with Crippen LogP contribution < -0.4 is 15.0 Å². The molecule has 31 heavy (non-hydrogen) atoms. The zero-order chi connectivity index (χ0) is 22.5. The molecule has 4 nitrogen and oxygen atoms in total. The summed E-state index contributed by atoms with van der Waals surface area (Å²) in [6, 6.07) is 14.7. The summed E-state index contributed by atoms with van der Waals surface area (Å²) in [5, 5.41) is 3.11. The van der Waals surface area contributed by atoms with E-state index in [2.05, 4.69) is 67.4 Å². The molecule has 0 saturated carbocycles. The topological polar surface area (TPSA) is 41.6 Å². The van der Waals surface area contributed by atoms with Crippen LogP contribution in [0, 0.1) is 12.8 Å². The van der Waals surface area contributed by atoms with Gasteiger partial charge in [0.2, 0.25) is 0 Å². The lowest BCUT2D eigenvalue weighted by molar-refractivity contribution is -0.127. The maximum Gasteiger partial charge on any atom is 0.261 e. The Balaban J connectivity index is 1.59. The number of aryl methyl sites for hydroxylation is 1. The van der Waals surface area contributed by atoms with Gasteiger partial charge < -0.3 is 15.0 Å². The first kappa shape index (κ1) is 23.2. The Morgan fingerprint density at radius 3 is 2.29 bits per heavy atom. The highest BCUT2D eigenvalue weighted by Gasteiger charge is 2.20. The van der Waals surface area contributed by atoms with E-state index in [4.69, 9.17) is 4.74 Å². The lowest BCUT2D eigenvalue weighted by Crippen LogP contribution is -2.38. The number of nitrogens with one attached hydrogen (secondary N) is 1. The minimum Gasteiger partial charge on any atom is -0.481 e. The van der Waals surface area contributed by atoms with Crippen molar-refractivity contribution in [2.45, 2.75) is 72.4 Å². The molecular weight excluding hydrogens is 384 g/mol. The van der Waals surface area contributed by atoms with E-state index in [1.165, 1.54) is 18.5 Å². The Hall–Kier alpha value is -2.49. The highest BCUT2D eigenvalue weighted by Crippen LogP contribution is 2.29. The molecule has 1 N–H and O–H groups in total. The summed E-state index contributed by atoms with van der Waals surface area (Å²) in [7, 11) is 0. The van der Waals surface area contributed by atoms with Crippen molar-refractivity contribution < 1.29 is 9.53 Å². The summed E-state index contributed by atoms with van der Waals surface area (Å²) in [6.07, 6.45) is 1.95. The lowest BCUT2D eigenvalue weighted by Gasteiger charge is -2.32. The quantitative estimate of drug-likeness (QED) is 0.595. The molecule has 1 aliphatic rings. The predicted octanol–water partition coefficient (Wildman–Crippen LogP) is 6.00. The van der Waals surface area contributed by atoms with Crippen molar-refractivity contribution in [3.63, 3.8) is 0 Å². The number of carbonyl (C=O) groups is 1. The third-order valence-electron chi connectivity index (χ3n) is 6.36. The number of anilines is 1. The van der Waals surface area contributed by atoms with E-state index in [1.54, 1.807) is 0 Å². The molecule has 2 unspecified atom stereocenters. The van der Waals surface area contributed by atoms with E-state index >= 15 is 0 Å². The van der Waals surface area contributed by atoms with Crippen LogP contribution in [-0.4, -0.2) is 25.1 Å². The van der Waals surface area contributed by atoms with E-state index in [9.17, 15) is 4.79 Å². The number of nitrogens with zero attached hydrogens (tertiary/aromatic N) is 1. The highest BCUT2D eigenvalue weighted by atomic mass is 16.5. The summed E-state index contributed by atoms with van der Waals surface area (Å²) >= 11 is 0. The van der Waals surface area contributed by atoms with Gasteiger partial charge in [-0.15, -0.1) is 0 Å². The average Bonchev–Trinajstić information content (AvgIpc) is 2.74. The molecule has 1 fully saturated rings. The van der Waals surface area contributed by atoms with Gasteiger partial charge in [-0.1, -0.05) is 45.0 Å². The molecule has 2 aromatic rings. The fourth-order valence-electron chi connectivity index (χ4n) is 4.12. The predicted molar refractivity (Wildman–Crippen MR) is 129 cm³/mol. The van der Waals surface area contributed by atoms with Gasteiger partial charge >= 0.3 is 0 Å². The van der Waals surface area contributed by atoms with Gasteiger partial charge in [0, 0.05) is 18.8 Å². The van der Waals surface area contributed by atoms with Crippen molar-refractivity contribution in [3.8, 4) is 5.75 Å². The van der Waals surface area contributed by atoms with Crippen molar-refractivity contribution in [2.24, 2.45) is 5.92 Å². The van der Waals surface area contributed by atoms with Gasteiger partial charge in [0.15, 0.2) is 6.10 Å². The third kappa shape index (κ3) is 6.03. The van der Waals surface area contributed by atoms with Crippen LogP contribution in [0.15, 0.2) is 42.5 Å². The summed E-state index contributed by atoms with van der Waals surface area (Å²) in [4.78, 5) is 15.3. The van der Waals surface area contributed by atoms with Crippen LogP contribution in [0.1, 0.15) is 76.1 Å². The van der Waals surface area contributed by atoms with Crippen LogP contribution >= 0.6 is 0 Å². The number of ether oxygens (including phenoxy) is 1. The maximum atomic E-state index is 12.8. The number of rotatable bonds is 7. The SMILES string of the molecule is Cc1ccc(C(C)C)c(OC(C)C(=O)NC(C)c2ccc(N3CCC(C)CC3)cc2)c1. The normalized spacial score (nSPS) is 16.8. The van der Waals surface area contributed by atoms with Crippen molar-refractivity contribution in [2.75, 3.05) is 18.0 Å². The zero-order valence-electron chi connectivity index (χ0n) is 19.9. The van der Waals surface area contributed by atoms with Crippen molar-refractivity contribution >= 4 is 11.6 Å². The molecule has 168 valence electrons. The fourth-order valence-corrected chi connectivity index (χ4v) is 4.12. The summed E-state index contributed by atoms with van der Waals surface area (Å²) in [5.74, 6) is 1.86. The second-order valence-electron chi connectivity index (χ2n) is 9.45. The van der Waals surface area contributed by atoms with Crippen molar-refractivity contribution in [1.82, 2.24) is 5.32 Å². The van der Waals surface area contributed by atoms with Crippen molar-refractivity contribution in [3.05, 3.63) is 59.2 Å². The van der Waals surface area contributed by atoms with Gasteiger partial charge in [-0.25, -0.2) is 0 Å². The minimum atomic E-state index is -0.559. The van der Waals surface area contributed by atoms with E-state index in [0.29, 0.717) is 5.92 Å². The summed E-state index contributed by atoms with van der Waals surface area (Å²) < 4.78 is 6.07. The molecule has 0 radical (unpaired) electrons. The van der Waals surface area contributed by atoms with Crippen LogP contribution in [0.5, 0.6) is 5.75 Å². The molecule has 1 aliphatic heterocycles. The fraction of sp³-hybridized carbons (Fsp3) is 0.519. The second kappa shape index (κ2) is 10.2. The minimum absolute atomic E-state index is 0.0731. The van der Waals surface area contributed by atoms with E-state index in [-0.39, 0.29) is 11.9 Å². The number of amides is 1. The van der Waals surface area contributed by atoms with Gasteiger partial charge in [0.25, 0.3) is 5.91 Å². The number of hydrogen-bond donors (Lipinski definition) is 1. The van der Waals surface area contributed by atoms with E-state index in [0.717, 1.165) is 41.4 Å². The molecule has 1 saturated heterocycles. The summed E-state index contributed by atoms with van der Waals surface area (Å²) in [6.45, 7) is 14.7. The standard InChI is InChI=1S/C27H38N2O2/c1-18(2)25-12-7-20(4)17-26(25)31-22(6)27(30)28-21(5)23-8-10-24(11-9-23)29-15-13-19(3)14-16-29/h7-12,17-19,21-22H,13-16H2,1-6H3,(H,28,30). The first-order valence-electron chi connectivity index (χ1n) is 11.7. The van der Waals surface area contributed by atoms with E-state index < -0.39 is 6.10 Å². The van der Waals surface area contributed by atoms with Crippen LogP contribution in [0.3, 0.4) is 0 Å². The molecule has 0 spiro atoms. The molecule has 1 heterocycles. The zero-order valence-corrected chi connectivity index (χ0v) is 19.9. The first-order valence-corrected chi connectivity index (χ1v) is 11.7. The number of carbonyl (C=O) groups excluding carboxylic acids is 1. The maximum absolute atomic E-state index is 12.8. The Labute approximate surface area is 188 Å². The lowest BCUT2D eigenvalue weighted by atomic mass is 9.98. The first-order chi connectivity index (χ1) is 14.7. The molecule has 0 aliphatic carbocycles. The molecule has 4 heteroatoms. The molecular formula is C27H38N2O2. The molecule has 2 atom stereocenters. The van der Waals surface area contributed by atoms with Gasteiger partial charge in [-0.3, -0.25) is 4.79 Å². The van der Waals surface area contributed by atoms with Crippen LogP contribution in [0.4, 0.5) is 5.69 Å². The monoisotopic (exact) mass is 422 g/mol. The van der Waals surface area contributed by atoms with Gasteiger partial charge in [0.05, 0.1) is 6.04 Å². The third-order valence-corrected chi connectivity index (χ3v) is 6.36. The number of piperidine rings is 1. The Morgan fingerprint density at radius 2 is 1.68 bits per heavy atom. The van der Waals surface area contributed by atoms with Gasteiger partial charge in [0.1, 0.15) is 5.75 Å². The molecule has 0 aromatic heterocycles. The summed E-state index contributed by atoms with van der Waals surface area (Å²) in [5.41, 5.74) is 4.63. The molecule has 3 rings (SSSR count). The van der Waals surface area contributed by atoms with E-state index in [1.807, 2.05) is 26.8 Å². The molecule has 1 amide bonds. The molecule has 2 aromatic carbocycles. The van der Waals surface area contributed by atoms with Crippen LogP contribution in [-0.2, 0) is 4.79 Å². The van der Waals surface area contributed by atoms with Crippen LogP contribution in [0.25, 0.3) is 0 Å². The average molecular weight is 423 g/mol. The number of benzene rings is 2. The highest BCUT2D eigenvalue weighted by molar-refractivity contribution is 5.81. The molecule has 0 bridgehead atoms. The second-order valence-corrected chi connectivity index (χ2v) is 9.45. The number of hydrogen-bond acceptors (Lipinski definition) is 3. The largest absolute Gasteiger partial charge is 0.481 e. The Bertz CT molecular complexity index is 867. The Kier molecular flexibility index (Phi) is 7.64. The van der Waals surface area contributed by atoms with Crippen LogP contribution in [0.2, 0.25) is 0 Å². The van der Waals surface area contributed by atoms with Crippen molar-refractivity contribution in [1.29, 1.82) is 0 Å². The van der Waals surface area contributed by atoms with Gasteiger partial charge in [-0.05, 0) is 80.3 Å².